The summed E-state index contributed by atoms with van der Waals surface area (Å²) in [4.78, 5) is 0. The standard InChI is InChI=1S/C12H14S.C11H15F.C11H13N/c1-8(2)11-7-10-4-5-13-12(10)6-9(11)3;1-7(2)10-6-11(12)9(4)5-8(10)3;1-8(2)11-5-4-10(7-12)6-9(11)3/h4-8H,1-3H3;5-7H,1-4H3;4-6,8H,1-3H3. The van der Waals surface area contributed by atoms with E-state index in [1.165, 1.54) is 37.9 Å². The molecule has 0 atom stereocenters. The summed E-state index contributed by atoms with van der Waals surface area (Å²) in [5, 5.41) is 12.2. The Morgan fingerprint density at radius 2 is 1.19 bits per heavy atom. The lowest BCUT2D eigenvalue weighted by Crippen LogP contribution is -1.95. The first-order chi connectivity index (χ1) is 17.3. The van der Waals surface area contributed by atoms with Crippen LogP contribution in [0.4, 0.5) is 4.39 Å². The molecule has 0 N–H and O–H groups in total. The van der Waals surface area contributed by atoms with Gasteiger partial charge in [-0.2, -0.15) is 5.26 Å². The van der Waals surface area contributed by atoms with Crippen molar-refractivity contribution in [2.45, 2.75) is 87.0 Å². The molecule has 0 radical (unpaired) electrons. The molecule has 3 aromatic carbocycles. The number of thiophene rings is 1. The van der Waals surface area contributed by atoms with Gasteiger partial charge in [0, 0.05) is 4.70 Å². The average molecular weight is 516 g/mol. The normalized spacial score (nSPS) is 10.7. The molecule has 0 unspecified atom stereocenters. The Labute approximate surface area is 228 Å². The third kappa shape index (κ3) is 8.27. The van der Waals surface area contributed by atoms with E-state index in [1.54, 1.807) is 13.0 Å². The van der Waals surface area contributed by atoms with Crippen molar-refractivity contribution in [3.05, 3.63) is 104 Å². The monoisotopic (exact) mass is 515 g/mol. The van der Waals surface area contributed by atoms with Gasteiger partial charge in [-0.3, -0.25) is 0 Å². The van der Waals surface area contributed by atoms with E-state index < -0.39 is 0 Å². The highest BCUT2D eigenvalue weighted by Gasteiger charge is 2.07. The Balaban J connectivity index is 0.000000195. The number of rotatable bonds is 3. The molecule has 1 nitrogen and oxygen atoms in total. The van der Waals surface area contributed by atoms with Crippen LogP contribution in [0, 0.1) is 44.8 Å². The molecule has 1 aromatic heterocycles. The van der Waals surface area contributed by atoms with Gasteiger partial charge in [0.25, 0.3) is 0 Å². The summed E-state index contributed by atoms with van der Waals surface area (Å²) in [6.45, 7) is 21.1. The van der Waals surface area contributed by atoms with Crippen LogP contribution in [0.15, 0.2) is 53.9 Å². The predicted molar refractivity (Wildman–Crippen MR) is 161 cm³/mol. The van der Waals surface area contributed by atoms with Crippen molar-refractivity contribution in [1.29, 1.82) is 5.26 Å². The Morgan fingerprint density at radius 1 is 0.649 bits per heavy atom. The maximum absolute atomic E-state index is 13.1. The molecule has 0 aliphatic rings. The minimum atomic E-state index is -0.0932. The lowest BCUT2D eigenvalue weighted by molar-refractivity contribution is 0.613. The molecule has 0 fully saturated rings. The maximum Gasteiger partial charge on any atom is 0.126 e. The van der Waals surface area contributed by atoms with Gasteiger partial charge in [-0.05, 0) is 132 Å². The van der Waals surface area contributed by atoms with E-state index >= 15 is 0 Å². The van der Waals surface area contributed by atoms with Crippen LogP contribution < -0.4 is 0 Å². The highest BCUT2D eigenvalue weighted by Crippen LogP contribution is 2.28. The smallest absolute Gasteiger partial charge is 0.126 e. The number of halogens is 1. The van der Waals surface area contributed by atoms with E-state index in [4.69, 9.17) is 5.26 Å². The molecule has 4 aromatic rings. The van der Waals surface area contributed by atoms with Crippen molar-refractivity contribution >= 4 is 21.4 Å². The third-order valence-electron chi connectivity index (χ3n) is 6.65. The summed E-state index contributed by atoms with van der Waals surface area (Å²) >= 11 is 1.82. The summed E-state index contributed by atoms with van der Waals surface area (Å²) in [6.07, 6.45) is 0. The van der Waals surface area contributed by atoms with Gasteiger partial charge in [-0.1, -0.05) is 53.7 Å². The van der Waals surface area contributed by atoms with Crippen molar-refractivity contribution < 1.29 is 4.39 Å². The molecule has 0 aliphatic carbocycles. The number of nitriles is 1. The molecule has 3 heteroatoms. The van der Waals surface area contributed by atoms with Gasteiger partial charge in [0.2, 0.25) is 0 Å². The molecule has 196 valence electrons. The van der Waals surface area contributed by atoms with E-state index in [-0.39, 0.29) is 5.82 Å². The zero-order valence-corrected chi connectivity index (χ0v) is 25.0. The second-order valence-corrected chi connectivity index (χ2v) is 11.7. The molecule has 0 spiro atoms. The zero-order chi connectivity index (χ0) is 27.9. The highest BCUT2D eigenvalue weighted by molar-refractivity contribution is 7.17. The van der Waals surface area contributed by atoms with Crippen LogP contribution in [0.25, 0.3) is 10.1 Å². The first-order valence-corrected chi connectivity index (χ1v) is 14.0. The summed E-state index contributed by atoms with van der Waals surface area (Å²) in [5.74, 6) is 1.48. The fraction of sp³-hybridized carbons (Fsp3) is 0.382. The van der Waals surface area contributed by atoms with Gasteiger partial charge in [0.1, 0.15) is 5.82 Å². The van der Waals surface area contributed by atoms with Crippen molar-refractivity contribution in [3.63, 3.8) is 0 Å². The van der Waals surface area contributed by atoms with Gasteiger partial charge in [-0.15, -0.1) is 11.3 Å². The van der Waals surface area contributed by atoms with Crippen LogP contribution in [0.1, 0.15) is 104 Å². The molecular formula is C34H42FNS. The van der Waals surface area contributed by atoms with Crippen molar-refractivity contribution in [2.24, 2.45) is 0 Å². The summed E-state index contributed by atoms with van der Waals surface area (Å²) in [7, 11) is 0. The number of aryl methyl sites for hydroxylation is 4. The Kier molecular flexibility index (Phi) is 11.1. The lowest BCUT2D eigenvalue weighted by Gasteiger charge is -2.10. The van der Waals surface area contributed by atoms with Crippen molar-refractivity contribution in [3.8, 4) is 6.07 Å². The van der Waals surface area contributed by atoms with Crippen molar-refractivity contribution in [2.75, 3.05) is 0 Å². The van der Waals surface area contributed by atoms with Gasteiger partial charge in [0.05, 0.1) is 11.6 Å². The van der Waals surface area contributed by atoms with Crippen LogP contribution in [0.3, 0.4) is 0 Å². The first kappa shape index (κ1) is 30.3. The maximum atomic E-state index is 13.1. The predicted octanol–water partition coefficient (Wildman–Crippen LogP) is 10.9. The van der Waals surface area contributed by atoms with Gasteiger partial charge < -0.3 is 0 Å². The third-order valence-corrected chi connectivity index (χ3v) is 7.53. The Hall–Kier alpha value is -2.96. The average Bonchev–Trinajstić information content (AvgIpc) is 3.28. The molecule has 37 heavy (non-hydrogen) atoms. The molecule has 0 bridgehead atoms. The van der Waals surface area contributed by atoms with E-state index in [0.717, 1.165) is 16.7 Å². The topological polar surface area (TPSA) is 23.8 Å². The molecular weight excluding hydrogens is 473 g/mol. The summed E-state index contributed by atoms with van der Waals surface area (Å²) < 4.78 is 14.5. The largest absolute Gasteiger partial charge is 0.207 e. The minimum absolute atomic E-state index is 0.0932. The van der Waals surface area contributed by atoms with Crippen LogP contribution in [0.2, 0.25) is 0 Å². The highest BCUT2D eigenvalue weighted by atomic mass is 32.1. The van der Waals surface area contributed by atoms with Crippen LogP contribution >= 0.6 is 11.3 Å². The van der Waals surface area contributed by atoms with Crippen LogP contribution in [-0.4, -0.2) is 0 Å². The number of hydrogen-bond donors (Lipinski definition) is 0. The summed E-state index contributed by atoms with van der Waals surface area (Å²) in [5.41, 5.74) is 9.21. The Morgan fingerprint density at radius 3 is 1.73 bits per heavy atom. The fourth-order valence-corrected chi connectivity index (χ4v) is 5.48. The van der Waals surface area contributed by atoms with Gasteiger partial charge in [0.15, 0.2) is 0 Å². The molecule has 0 aliphatic heterocycles. The molecule has 1 heterocycles. The zero-order valence-electron chi connectivity index (χ0n) is 24.2. The number of benzene rings is 3. The van der Waals surface area contributed by atoms with Gasteiger partial charge in [-0.25, -0.2) is 4.39 Å². The second-order valence-electron chi connectivity index (χ2n) is 10.8. The SMILES string of the molecule is Cc1cc(C#N)ccc1C(C)C.Cc1cc(C)c(C(C)C)cc1F.Cc1cc2sccc2cc1C(C)C. The van der Waals surface area contributed by atoms with Crippen molar-refractivity contribution in [1.82, 2.24) is 0 Å². The van der Waals surface area contributed by atoms with E-state index in [2.05, 4.69) is 85.0 Å². The molecule has 0 amide bonds. The quantitative estimate of drug-likeness (QED) is 0.266. The molecule has 4 rings (SSSR count). The van der Waals surface area contributed by atoms with Crippen LogP contribution in [-0.2, 0) is 0 Å². The fourth-order valence-electron chi connectivity index (χ4n) is 4.61. The number of fused-ring (bicyclic) bond motifs is 1. The summed E-state index contributed by atoms with van der Waals surface area (Å²) in [6, 6.07) is 18.4. The Bertz CT molecular complexity index is 1370. The molecule has 0 saturated carbocycles. The van der Waals surface area contributed by atoms with E-state index in [1.807, 2.05) is 42.5 Å². The number of nitrogens with zero attached hydrogens (tertiary/aromatic N) is 1. The lowest BCUT2D eigenvalue weighted by atomic mass is 9.96. The van der Waals surface area contributed by atoms with E-state index in [9.17, 15) is 4.39 Å². The first-order valence-electron chi connectivity index (χ1n) is 13.1. The molecule has 0 saturated heterocycles. The minimum Gasteiger partial charge on any atom is -0.207 e. The van der Waals surface area contributed by atoms with Gasteiger partial charge >= 0.3 is 0 Å². The number of hydrogen-bond acceptors (Lipinski definition) is 2. The van der Waals surface area contributed by atoms with Crippen LogP contribution in [0.5, 0.6) is 0 Å². The van der Waals surface area contributed by atoms with E-state index in [0.29, 0.717) is 17.8 Å². The second kappa shape index (κ2) is 13.5.